The standard InChI is InChI=1S/C23H25N3OS2/c1-17-22(29-21(24-17)15-18-6-3-2-4-7-18)23(27)25-20-9-5-8-19(14-20)16-26-10-12-28-13-11-26/h2-9,14H,10-13,15-16H2,1H3,(H,25,27). The minimum Gasteiger partial charge on any atom is -0.321 e. The second kappa shape index (κ2) is 9.57. The maximum Gasteiger partial charge on any atom is 0.267 e. The van der Waals surface area contributed by atoms with Crippen LogP contribution in [0, 0.1) is 6.92 Å². The van der Waals surface area contributed by atoms with Crippen LogP contribution in [0.4, 0.5) is 5.69 Å². The van der Waals surface area contributed by atoms with Gasteiger partial charge in [0, 0.05) is 43.2 Å². The molecule has 0 bridgehead atoms. The Morgan fingerprint density at radius 3 is 2.62 bits per heavy atom. The molecule has 1 aliphatic heterocycles. The maximum absolute atomic E-state index is 12.8. The lowest BCUT2D eigenvalue weighted by atomic mass is 10.2. The van der Waals surface area contributed by atoms with Crippen LogP contribution in [0.2, 0.25) is 0 Å². The normalized spacial score (nSPS) is 14.7. The number of thioether (sulfide) groups is 1. The van der Waals surface area contributed by atoms with Gasteiger partial charge in [-0.2, -0.15) is 11.8 Å². The predicted molar refractivity (Wildman–Crippen MR) is 123 cm³/mol. The lowest BCUT2D eigenvalue weighted by molar-refractivity contribution is 0.103. The number of rotatable bonds is 6. The second-order valence-corrected chi connectivity index (χ2v) is 9.54. The van der Waals surface area contributed by atoms with Gasteiger partial charge in [0.15, 0.2) is 0 Å². The Hall–Kier alpha value is -2.15. The van der Waals surface area contributed by atoms with Gasteiger partial charge in [-0.1, -0.05) is 42.5 Å². The summed E-state index contributed by atoms with van der Waals surface area (Å²) >= 11 is 3.50. The summed E-state index contributed by atoms with van der Waals surface area (Å²) in [6.45, 7) is 5.10. The number of carbonyl (C=O) groups excluding carboxylic acids is 1. The predicted octanol–water partition coefficient (Wildman–Crippen LogP) is 4.84. The molecular formula is C23H25N3OS2. The number of amides is 1. The number of benzene rings is 2. The fourth-order valence-electron chi connectivity index (χ4n) is 3.46. The molecule has 3 aromatic rings. The van der Waals surface area contributed by atoms with Gasteiger partial charge in [0.05, 0.1) is 10.7 Å². The molecule has 1 aliphatic rings. The van der Waals surface area contributed by atoms with Crippen molar-refractivity contribution < 1.29 is 4.79 Å². The van der Waals surface area contributed by atoms with Crippen LogP contribution in [0.1, 0.15) is 31.5 Å². The van der Waals surface area contributed by atoms with Gasteiger partial charge in [-0.15, -0.1) is 11.3 Å². The summed E-state index contributed by atoms with van der Waals surface area (Å²) in [4.78, 5) is 20.6. The van der Waals surface area contributed by atoms with Crippen LogP contribution in [-0.4, -0.2) is 40.4 Å². The van der Waals surface area contributed by atoms with Crippen LogP contribution in [0.15, 0.2) is 54.6 Å². The van der Waals surface area contributed by atoms with E-state index in [1.807, 2.05) is 49.0 Å². The Bertz CT molecular complexity index is 965. The second-order valence-electron chi connectivity index (χ2n) is 7.23. The molecular weight excluding hydrogens is 398 g/mol. The lowest BCUT2D eigenvalue weighted by Gasteiger charge is -2.26. The number of carbonyl (C=O) groups is 1. The molecule has 0 aliphatic carbocycles. The molecule has 1 aromatic heterocycles. The first-order valence-corrected chi connectivity index (χ1v) is 11.8. The van der Waals surface area contributed by atoms with E-state index in [0.29, 0.717) is 4.88 Å². The lowest BCUT2D eigenvalue weighted by Crippen LogP contribution is -2.31. The number of nitrogens with one attached hydrogen (secondary N) is 1. The fraction of sp³-hybridized carbons (Fsp3) is 0.304. The largest absolute Gasteiger partial charge is 0.321 e. The quantitative estimate of drug-likeness (QED) is 0.616. The first-order valence-electron chi connectivity index (χ1n) is 9.88. The van der Waals surface area contributed by atoms with Crippen molar-refractivity contribution in [2.75, 3.05) is 29.9 Å². The Balaban J connectivity index is 1.42. The van der Waals surface area contributed by atoms with E-state index in [1.54, 1.807) is 0 Å². The molecule has 4 nitrogen and oxygen atoms in total. The molecule has 0 atom stereocenters. The van der Waals surface area contributed by atoms with E-state index < -0.39 is 0 Å². The minimum atomic E-state index is -0.0779. The molecule has 1 N–H and O–H groups in total. The zero-order valence-corrected chi connectivity index (χ0v) is 18.2. The summed E-state index contributed by atoms with van der Waals surface area (Å²) in [7, 11) is 0. The van der Waals surface area contributed by atoms with Gasteiger partial charge in [-0.05, 0) is 30.2 Å². The molecule has 29 heavy (non-hydrogen) atoms. The average Bonchev–Trinajstić information content (AvgIpc) is 3.10. The van der Waals surface area contributed by atoms with Crippen molar-refractivity contribution in [2.45, 2.75) is 19.9 Å². The molecule has 6 heteroatoms. The zero-order valence-electron chi connectivity index (χ0n) is 16.6. The summed E-state index contributed by atoms with van der Waals surface area (Å²) in [6, 6.07) is 18.4. The van der Waals surface area contributed by atoms with E-state index in [-0.39, 0.29) is 5.91 Å². The van der Waals surface area contributed by atoms with Gasteiger partial charge in [-0.25, -0.2) is 4.98 Å². The highest BCUT2D eigenvalue weighted by Gasteiger charge is 2.16. The van der Waals surface area contributed by atoms with Crippen LogP contribution >= 0.6 is 23.1 Å². The fourth-order valence-corrected chi connectivity index (χ4v) is 5.43. The monoisotopic (exact) mass is 423 g/mol. The summed E-state index contributed by atoms with van der Waals surface area (Å²) in [5.74, 6) is 2.32. The highest BCUT2D eigenvalue weighted by molar-refractivity contribution is 7.99. The van der Waals surface area contributed by atoms with Crippen LogP contribution in [-0.2, 0) is 13.0 Å². The zero-order chi connectivity index (χ0) is 20.1. The third-order valence-electron chi connectivity index (χ3n) is 4.94. The van der Waals surface area contributed by atoms with E-state index in [2.05, 4.69) is 39.5 Å². The first kappa shape index (κ1) is 20.1. The number of aromatic nitrogens is 1. The van der Waals surface area contributed by atoms with Crippen LogP contribution < -0.4 is 5.32 Å². The number of hydrogen-bond donors (Lipinski definition) is 1. The molecule has 1 fully saturated rings. The molecule has 150 valence electrons. The van der Waals surface area contributed by atoms with Crippen molar-refractivity contribution in [1.82, 2.24) is 9.88 Å². The highest BCUT2D eigenvalue weighted by Crippen LogP contribution is 2.23. The third kappa shape index (κ3) is 5.47. The molecule has 2 heterocycles. The Labute approximate surface area is 180 Å². The average molecular weight is 424 g/mol. The Morgan fingerprint density at radius 2 is 1.83 bits per heavy atom. The van der Waals surface area contributed by atoms with Crippen molar-refractivity contribution in [2.24, 2.45) is 0 Å². The van der Waals surface area contributed by atoms with E-state index in [9.17, 15) is 4.79 Å². The van der Waals surface area contributed by atoms with Crippen molar-refractivity contribution in [3.05, 3.63) is 81.3 Å². The summed E-state index contributed by atoms with van der Waals surface area (Å²) in [5, 5.41) is 4.03. The van der Waals surface area contributed by atoms with E-state index >= 15 is 0 Å². The smallest absolute Gasteiger partial charge is 0.267 e. The topological polar surface area (TPSA) is 45.2 Å². The Kier molecular flexibility index (Phi) is 6.64. The van der Waals surface area contributed by atoms with E-state index in [4.69, 9.17) is 0 Å². The molecule has 0 saturated carbocycles. The van der Waals surface area contributed by atoms with Crippen LogP contribution in [0.25, 0.3) is 0 Å². The van der Waals surface area contributed by atoms with Gasteiger partial charge in [0.1, 0.15) is 4.88 Å². The summed E-state index contributed by atoms with van der Waals surface area (Å²) in [5.41, 5.74) is 4.08. The van der Waals surface area contributed by atoms with Crippen molar-refractivity contribution in [3.8, 4) is 0 Å². The van der Waals surface area contributed by atoms with Crippen molar-refractivity contribution >= 4 is 34.7 Å². The van der Waals surface area contributed by atoms with Crippen molar-refractivity contribution in [1.29, 1.82) is 0 Å². The molecule has 0 radical (unpaired) electrons. The SMILES string of the molecule is Cc1nc(Cc2ccccc2)sc1C(=O)Nc1cccc(CN2CCSCC2)c1. The highest BCUT2D eigenvalue weighted by atomic mass is 32.2. The summed E-state index contributed by atoms with van der Waals surface area (Å²) in [6.07, 6.45) is 0.753. The van der Waals surface area contributed by atoms with E-state index in [1.165, 1.54) is 34.0 Å². The number of nitrogens with zero attached hydrogens (tertiary/aromatic N) is 2. The Morgan fingerprint density at radius 1 is 1.07 bits per heavy atom. The van der Waals surface area contributed by atoms with Crippen LogP contribution in [0.3, 0.4) is 0 Å². The molecule has 1 saturated heterocycles. The van der Waals surface area contributed by atoms with Gasteiger partial charge in [0.2, 0.25) is 0 Å². The molecule has 0 spiro atoms. The molecule has 1 amide bonds. The third-order valence-corrected chi connectivity index (χ3v) is 7.04. The van der Waals surface area contributed by atoms with Gasteiger partial charge >= 0.3 is 0 Å². The maximum atomic E-state index is 12.8. The molecule has 2 aromatic carbocycles. The molecule has 4 rings (SSSR count). The molecule has 0 unspecified atom stereocenters. The summed E-state index contributed by atoms with van der Waals surface area (Å²) < 4.78 is 0. The van der Waals surface area contributed by atoms with E-state index in [0.717, 1.165) is 42.4 Å². The first-order chi connectivity index (χ1) is 14.2. The minimum absolute atomic E-state index is 0.0779. The van der Waals surface area contributed by atoms with Crippen molar-refractivity contribution in [3.63, 3.8) is 0 Å². The number of thiazole rings is 1. The van der Waals surface area contributed by atoms with Gasteiger partial charge < -0.3 is 5.32 Å². The van der Waals surface area contributed by atoms with Gasteiger partial charge in [0.25, 0.3) is 5.91 Å². The number of anilines is 1. The number of aryl methyl sites for hydroxylation is 1. The number of hydrogen-bond acceptors (Lipinski definition) is 5. The van der Waals surface area contributed by atoms with Gasteiger partial charge in [-0.3, -0.25) is 9.69 Å². The van der Waals surface area contributed by atoms with Crippen LogP contribution in [0.5, 0.6) is 0 Å².